The van der Waals surface area contributed by atoms with Gasteiger partial charge in [0.1, 0.15) is 10.8 Å². The molecular weight excluding hydrogens is 434 g/mol. The van der Waals surface area contributed by atoms with Crippen LogP contribution in [0.1, 0.15) is 31.9 Å². The fourth-order valence-electron chi connectivity index (χ4n) is 3.76. The van der Waals surface area contributed by atoms with Crippen LogP contribution in [-0.4, -0.2) is 47.2 Å². The third-order valence-electron chi connectivity index (χ3n) is 5.25. The molecule has 1 heterocycles. The fourth-order valence-corrected chi connectivity index (χ4v) is 4.73. The number of rotatable bonds is 10. The molecule has 0 saturated heterocycles. The third kappa shape index (κ3) is 6.19. The highest BCUT2D eigenvalue weighted by molar-refractivity contribution is 7.18. The summed E-state index contributed by atoms with van der Waals surface area (Å²) in [6.45, 7) is 14.2. The second kappa shape index (κ2) is 11.1. The molecular formula is C26H29N3O3S. The van der Waals surface area contributed by atoms with E-state index in [4.69, 9.17) is 16.4 Å². The van der Waals surface area contributed by atoms with Gasteiger partial charge in [-0.15, -0.1) is 11.3 Å². The Balaban J connectivity index is 1.87. The summed E-state index contributed by atoms with van der Waals surface area (Å²) in [5.41, 5.74) is 5.04. The average Bonchev–Trinajstić information content (AvgIpc) is 3.27. The van der Waals surface area contributed by atoms with Gasteiger partial charge in [0.25, 0.3) is 0 Å². The van der Waals surface area contributed by atoms with Crippen molar-refractivity contribution in [2.24, 2.45) is 0 Å². The standard InChI is InChI=1S/C26H29N3O3S/c1-6-20-18(12-13-29(5)16-25(30)31)8-7-9-21(20)24-15-28-26(33-24)19-10-11-23(32-17(2)3)22(14-19)27-4/h7-11,14-15,17H,6,12-13,16H2,1-3,5H3,(H,30,31). The summed E-state index contributed by atoms with van der Waals surface area (Å²) in [6.07, 6.45) is 3.57. The molecule has 6 nitrogen and oxygen atoms in total. The molecule has 2 aromatic carbocycles. The minimum absolute atomic E-state index is 0.00599. The first-order valence-corrected chi connectivity index (χ1v) is 11.8. The normalized spacial score (nSPS) is 11.1. The Hall–Kier alpha value is -3.21. The Morgan fingerprint density at radius 2 is 2.09 bits per heavy atom. The molecule has 0 radical (unpaired) electrons. The van der Waals surface area contributed by atoms with Crippen molar-refractivity contribution in [2.75, 3.05) is 20.1 Å². The number of thiazole rings is 1. The van der Waals surface area contributed by atoms with Gasteiger partial charge in [0.05, 0.1) is 24.1 Å². The lowest BCUT2D eigenvalue weighted by molar-refractivity contribution is -0.137. The Morgan fingerprint density at radius 3 is 2.76 bits per heavy atom. The molecule has 0 unspecified atom stereocenters. The van der Waals surface area contributed by atoms with E-state index in [-0.39, 0.29) is 12.6 Å². The Morgan fingerprint density at radius 1 is 1.30 bits per heavy atom. The van der Waals surface area contributed by atoms with E-state index in [9.17, 15) is 4.79 Å². The van der Waals surface area contributed by atoms with Crippen molar-refractivity contribution >= 4 is 23.0 Å². The molecule has 0 aliphatic heterocycles. The summed E-state index contributed by atoms with van der Waals surface area (Å²) in [7, 11) is 1.83. The van der Waals surface area contributed by atoms with Gasteiger partial charge < -0.3 is 9.84 Å². The van der Waals surface area contributed by atoms with Gasteiger partial charge in [-0.3, -0.25) is 9.69 Å². The molecule has 0 amide bonds. The van der Waals surface area contributed by atoms with Crippen LogP contribution in [0, 0.1) is 6.57 Å². The van der Waals surface area contributed by atoms with Crippen LogP contribution in [0.25, 0.3) is 25.9 Å². The SMILES string of the molecule is [C-]#[N+]c1cc(-c2ncc(-c3cccc(CCN(C)CC(=O)O)c3CC)s2)ccc1OC(C)C. The van der Waals surface area contributed by atoms with Gasteiger partial charge in [-0.2, -0.15) is 0 Å². The second-order valence-electron chi connectivity index (χ2n) is 8.17. The highest BCUT2D eigenvalue weighted by atomic mass is 32.1. The van der Waals surface area contributed by atoms with Crippen molar-refractivity contribution < 1.29 is 14.6 Å². The van der Waals surface area contributed by atoms with Crippen molar-refractivity contribution in [3.05, 3.63) is 65.1 Å². The predicted molar refractivity (Wildman–Crippen MR) is 133 cm³/mol. The highest BCUT2D eigenvalue weighted by Gasteiger charge is 2.15. The lowest BCUT2D eigenvalue weighted by atomic mass is 9.96. The molecule has 172 valence electrons. The molecule has 1 aromatic heterocycles. The molecule has 3 rings (SSSR count). The molecule has 33 heavy (non-hydrogen) atoms. The summed E-state index contributed by atoms with van der Waals surface area (Å²) in [5, 5.41) is 9.85. The van der Waals surface area contributed by atoms with E-state index in [2.05, 4.69) is 35.0 Å². The van der Waals surface area contributed by atoms with E-state index in [1.165, 1.54) is 11.1 Å². The number of ether oxygens (including phenoxy) is 1. The summed E-state index contributed by atoms with van der Waals surface area (Å²) < 4.78 is 5.74. The molecule has 7 heteroatoms. The fraction of sp³-hybridized carbons (Fsp3) is 0.346. The zero-order valence-electron chi connectivity index (χ0n) is 19.5. The summed E-state index contributed by atoms with van der Waals surface area (Å²) >= 11 is 1.61. The van der Waals surface area contributed by atoms with Gasteiger partial charge >= 0.3 is 5.97 Å². The maximum atomic E-state index is 10.9. The monoisotopic (exact) mass is 463 g/mol. The molecule has 0 bridgehead atoms. The van der Waals surface area contributed by atoms with Gasteiger partial charge in [0.2, 0.25) is 5.69 Å². The van der Waals surface area contributed by atoms with E-state index in [1.54, 1.807) is 11.3 Å². The number of carbonyl (C=O) groups is 1. The molecule has 0 spiro atoms. The number of benzene rings is 2. The van der Waals surface area contributed by atoms with Crippen LogP contribution >= 0.6 is 11.3 Å². The first-order valence-electron chi connectivity index (χ1n) is 11.0. The number of likely N-dealkylation sites (N-methyl/N-ethyl adjacent to an activating group) is 1. The van der Waals surface area contributed by atoms with Crippen LogP contribution in [0.15, 0.2) is 42.6 Å². The molecule has 0 saturated carbocycles. The third-order valence-corrected chi connectivity index (χ3v) is 6.33. The van der Waals surface area contributed by atoms with Crippen LogP contribution in [0.4, 0.5) is 5.69 Å². The first kappa shape index (κ1) is 24.4. The molecule has 0 fully saturated rings. The van der Waals surface area contributed by atoms with Gasteiger partial charge in [-0.1, -0.05) is 31.2 Å². The average molecular weight is 464 g/mol. The van der Waals surface area contributed by atoms with Gasteiger partial charge in [-0.05, 0) is 62.6 Å². The quantitative estimate of drug-likeness (QED) is 0.377. The van der Waals surface area contributed by atoms with Crippen molar-refractivity contribution in [3.8, 4) is 26.8 Å². The Bertz CT molecular complexity index is 1160. The predicted octanol–water partition coefficient (Wildman–Crippen LogP) is 5.94. The van der Waals surface area contributed by atoms with Crippen molar-refractivity contribution in [1.82, 2.24) is 9.88 Å². The minimum atomic E-state index is -0.815. The maximum absolute atomic E-state index is 10.9. The van der Waals surface area contributed by atoms with Crippen LogP contribution in [0.5, 0.6) is 5.75 Å². The van der Waals surface area contributed by atoms with E-state index in [1.807, 2.05) is 50.2 Å². The summed E-state index contributed by atoms with van der Waals surface area (Å²) in [6, 6.07) is 11.9. The van der Waals surface area contributed by atoms with E-state index in [0.717, 1.165) is 33.9 Å². The second-order valence-corrected chi connectivity index (χ2v) is 9.20. The number of aliphatic carboxylic acids is 1. The van der Waals surface area contributed by atoms with Crippen LogP contribution in [0.3, 0.4) is 0 Å². The van der Waals surface area contributed by atoms with E-state index < -0.39 is 5.97 Å². The minimum Gasteiger partial charge on any atom is -0.502 e. The van der Waals surface area contributed by atoms with Crippen molar-refractivity contribution in [3.63, 3.8) is 0 Å². The molecule has 0 atom stereocenters. The van der Waals surface area contributed by atoms with Crippen molar-refractivity contribution in [2.45, 2.75) is 39.7 Å². The summed E-state index contributed by atoms with van der Waals surface area (Å²) in [5.74, 6) is -0.223. The smallest absolute Gasteiger partial charge is 0.317 e. The number of nitrogens with zero attached hydrogens (tertiary/aromatic N) is 3. The van der Waals surface area contributed by atoms with Gasteiger partial charge in [-0.25, -0.2) is 9.83 Å². The number of carboxylic acid groups (broad SMARTS) is 1. The highest BCUT2D eigenvalue weighted by Crippen LogP contribution is 2.38. The number of hydrogen-bond acceptors (Lipinski definition) is 5. The topological polar surface area (TPSA) is 67.0 Å². The zero-order valence-corrected chi connectivity index (χ0v) is 20.3. The van der Waals surface area contributed by atoms with Gasteiger partial charge in [0.15, 0.2) is 0 Å². The van der Waals surface area contributed by atoms with Crippen LogP contribution in [0.2, 0.25) is 0 Å². The lowest BCUT2D eigenvalue weighted by Gasteiger charge is -2.17. The first-order chi connectivity index (χ1) is 15.8. The lowest BCUT2D eigenvalue weighted by Crippen LogP contribution is -2.27. The largest absolute Gasteiger partial charge is 0.502 e. The molecule has 1 N–H and O–H groups in total. The zero-order chi connectivity index (χ0) is 24.0. The molecule has 3 aromatic rings. The Kier molecular flexibility index (Phi) is 8.21. The molecule has 0 aliphatic rings. The number of aromatic nitrogens is 1. The van der Waals surface area contributed by atoms with Crippen LogP contribution in [-0.2, 0) is 17.6 Å². The number of hydrogen-bond donors (Lipinski definition) is 1. The van der Waals surface area contributed by atoms with Gasteiger partial charge in [0, 0.05) is 18.3 Å². The Labute approximate surface area is 199 Å². The van der Waals surface area contributed by atoms with E-state index in [0.29, 0.717) is 18.0 Å². The summed E-state index contributed by atoms with van der Waals surface area (Å²) in [4.78, 5) is 22.1. The molecule has 0 aliphatic carbocycles. The van der Waals surface area contributed by atoms with Crippen LogP contribution < -0.4 is 4.74 Å². The van der Waals surface area contributed by atoms with E-state index >= 15 is 0 Å². The number of carboxylic acids is 1. The maximum Gasteiger partial charge on any atom is 0.317 e. The van der Waals surface area contributed by atoms with Crippen molar-refractivity contribution in [1.29, 1.82) is 0 Å².